The van der Waals surface area contributed by atoms with Gasteiger partial charge in [-0.3, -0.25) is 0 Å². The summed E-state index contributed by atoms with van der Waals surface area (Å²) >= 11 is 1.28. The van der Waals surface area contributed by atoms with Gasteiger partial charge in [-0.05, 0) is 39.0 Å². The summed E-state index contributed by atoms with van der Waals surface area (Å²) in [6.45, 7) is 2.86. The average Bonchev–Trinajstić information content (AvgIpc) is 2.33. The summed E-state index contributed by atoms with van der Waals surface area (Å²) in [5.74, 6) is -19.0. The Morgan fingerprint density at radius 1 is 0.727 bits per heavy atom. The molecule has 0 aromatic carbocycles. The first kappa shape index (κ1) is 21.8. The van der Waals surface area contributed by atoms with Crippen molar-refractivity contribution in [3.63, 3.8) is 0 Å². The van der Waals surface area contributed by atoms with Crippen LogP contribution in [0.1, 0.15) is 39.5 Å². The fraction of sp³-hybridized carbons (Fsp3) is 0.833. The summed E-state index contributed by atoms with van der Waals surface area (Å²) < 4.78 is 116. The van der Waals surface area contributed by atoms with E-state index in [1.807, 2.05) is 0 Å². The first-order chi connectivity index (χ1) is 9.68. The molecule has 0 N–H and O–H groups in total. The van der Waals surface area contributed by atoms with Crippen LogP contribution >= 0.6 is 22.6 Å². The van der Waals surface area contributed by atoms with E-state index in [9.17, 15) is 39.5 Å². The van der Waals surface area contributed by atoms with Gasteiger partial charge in [-0.2, -0.15) is 39.5 Å². The molecule has 0 rings (SSSR count). The van der Waals surface area contributed by atoms with Gasteiger partial charge < -0.3 is 0 Å². The minimum absolute atomic E-state index is 0.102. The molecule has 0 saturated heterocycles. The largest absolute Gasteiger partial charge is 0.460 e. The predicted octanol–water partition coefficient (Wildman–Crippen LogP) is 6.74. The number of alkyl halides is 9. The minimum atomic E-state index is -6.84. The molecular weight excluding hydrogens is 442 g/mol. The first-order valence-corrected chi connectivity index (χ1v) is 7.34. The lowest BCUT2D eigenvalue weighted by molar-refractivity contribution is -0.390. The summed E-state index contributed by atoms with van der Waals surface area (Å²) in [7, 11) is 0. The van der Waals surface area contributed by atoms with E-state index in [4.69, 9.17) is 0 Å². The van der Waals surface area contributed by atoms with E-state index in [0.717, 1.165) is 0 Å². The summed E-state index contributed by atoms with van der Waals surface area (Å²) in [6.07, 6.45) is -7.45. The molecule has 0 bridgehead atoms. The highest BCUT2D eigenvalue weighted by atomic mass is 127. The molecule has 0 aliphatic carbocycles. The molecule has 0 aliphatic rings. The van der Waals surface area contributed by atoms with Crippen LogP contribution in [0.5, 0.6) is 0 Å². The molecule has 0 atom stereocenters. The van der Waals surface area contributed by atoms with Crippen molar-refractivity contribution in [1.29, 1.82) is 0 Å². The highest BCUT2D eigenvalue weighted by molar-refractivity contribution is 14.1. The SMILES string of the molecule is CCC/C(I)=C(/CCC)C(F)(F)C(F)(F)C(F)(F)C(F)(F)F. The maximum Gasteiger partial charge on any atom is 0.460 e. The molecule has 0 nitrogen and oxygen atoms in total. The Kier molecular flexibility index (Phi) is 7.11. The maximum atomic E-state index is 13.9. The predicted molar refractivity (Wildman–Crippen MR) is 71.8 cm³/mol. The fourth-order valence-corrected chi connectivity index (χ4v) is 2.80. The van der Waals surface area contributed by atoms with Crippen molar-refractivity contribution in [2.75, 3.05) is 0 Å². The Labute approximate surface area is 135 Å². The number of rotatable bonds is 7. The third kappa shape index (κ3) is 3.84. The van der Waals surface area contributed by atoms with E-state index in [1.165, 1.54) is 36.4 Å². The summed E-state index contributed by atoms with van der Waals surface area (Å²) in [4.78, 5) is 0. The second kappa shape index (κ2) is 7.16. The number of hydrogen-bond acceptors (Lipinski definition) is 0. The van der Waals surface area contributed by atoms with Crippen molar-refractivity contribution < 1.29 is 39.5 Å². The molecule has 0 aromatic heterocycles. The second-order valence-corrected chi connectivity index (χ2v) is 5.91. The number of halogens is 10. The Hall–Kier alpha value is -0.160. The van der Waals surface area contributed by atoms with Crippen molar-refractivity contribution in [2.24, 2.45) is 0 Å². The fourth-order valence-electron chi connectivity index (χ4n) is 1.65. The molecule has 0 aliphatic heterocycles. The molecule has 132 valence electrons. The Morgan fingerprint density at radius 3 is 1.45 bits per heavy atom. The van der Waals surface area contributed by atoms with Crippen LogP contribution in [0.4, 0.5) is 39.5 Å². The smallest absolute Gasteiger partial charge is 0.194 e. The average molecular weight is 456 g/mol. The molecule has 0 spiro atoms. The van der Waals surface area contributed by atoms with Crippen molar-refractivity contribution in [1.82, 2.24) is 0 Å². The summed E-state index contributed by atoms with van der Waals surface area (Å²) in [5.41, 5.74) is -1.37. The lowest BCUT2D eigenvalue weighted by Crippen LogP contribution is -2.61. The summed E-state index contributed by atoms with van der Waals surface area (Å²) in [5, 5.41) is 0. The zero-order chi connectivity index (χ0) is 18.0. The normalized spacial score (nSPS) is 15.8. The standard InChI is InChI=1S/C12H14F9I/c1-3-5-7(8(22)6-4-2)9(13,14)10(15,16)11(17,18)12(19,20)21/h3-6H2,1-2H3/b8-7+. The molecule has 0 radical (unpaired) electrons. The van der Waals surface area contributed by atoms with Crippen molar-refractivity contribution in [2.45, 2.75) is 63.5 Å². The highest BCUT2D eigenvalue weighted by Gasteiger charge is 2.82. The van der Waals surface area contributed by atoms with Crippen LogP contribution in [0.2, 0.25) is 0 Å². The Balaban J connectivity index is 6.10. The van der Waals surface area contributed by atoms with E-state index in [1.54, 1.807) is 0 Å². The number of hydrogen-bond donors (Lipinski definition) is 0. The molecular formula is C12H14F9I. The van der Waals surface area contributed by atoms with E-state index in [-0.39, 0.29) is 22.8 Å². The van der Waals surface area contributed by atoms with Gasteiger partial charge in [0.25, 0.3) is 0 Å². The van der Waals surface area contributed by atoms with Gasteiger partial charge in [-0.15, -0.1) is 0 Å². The van der Waals surface area contributed by atoms with E-state index in [0.29, 0.717) is 0 Å². The first-order valence-electron chi connectivity index (χ1n) is 6.26. The van der Waals surface area contributed by atoms with E-state index in [2.05, 4.69) is 0 Å². The van der Waals surface area contributed by atoms with Crippen LogP contribution in [-0.4, -0.2) is 23.9 Å². The zero-order valence-electron chi connectivity index (χ0n) is 11.6. The van der Waals surface area contributed by atoms with Gasteiger partial charge in [0.1, 0.15) is 0 Å². The van der Waals surface area contributed by atoms with Crippen LogP contribution < -0.4 is 0 Å². The lowest BCUT2D eigenvalue weighted by Gasteiger charge is -2.35. The quantitative estimate of drug-likeness (QED) is 0.294. The van der Waals surface area contributed by atoms with Crippen molar-refractivity contribution >= 4 is 22.6 Å². The third-order valence-corrected chi connectivity index (χ3v) is 4.01. The maximum absolute atomic E-state index is 13.9. The van der Waals surface area contributed by atoms with E-state index >= 15 is 0 Å². The molecule has 0 amide bonds. The number of allylic oxidation sites excluding steroid dienone is 2. The van der Waals surface area contributed by atoms with Gasteiger partial charge in [-0.1, -0.05) is 26.7 Å². The van der Waals surface area contributed by atoms with Gasteiger partial charge in [0.2, 0.25) is 0 Å². The topological polar surface area (TPSA) is 0 Å². The molecule has 0 saturated carbocycles. The van der Waals surface area contributed by atoms with Crippen LogP contribution in [0.3, 0.4) is 0 Å². The van der Waals surface area contributed by atoms with E-state index < -0.39 is 35.9 Å². The van der Waals surface area contributed by atoms with Crippen LogP contribution in [-0.2, 0) is 0 Å². The van der Waals surface area contributed by atoms with Gasteiger partial charge >= 0.3 is 23.9 Å². The van der Waals surface area contributed by atoms with Crippen LogP contribution in [0, 0.1) is 0 Å². The molecule has 0 unspecified atom stereocenters. The van der Waals surface area contributed by atoms with Gasteiger partial charge in [-0.25, -0.2) is 0 Å². The van der Waals surface area contributed by atoms with Crippen molar-refractivity contribution in [3.8, 4) is 0 Å². The second-order valence-electron chi connectivity index (χ2n) is 4.60. The van der Waals surface area contributed by atoms with Crippen LogP contribution in [0.25, 0.3) is 0 Å². The van der Waals surface area contributed by atoms with Crippen molar-refractivity contribution in [3.05, 3.63) is 9.15 Å². The molecule has 22 heavy (non-hydrogen) atoms. The van der Waals surface area contributed by atoms with Gasteiger partial charge in [0.05, 0.1) is 0 Å². The molecule has 0 aromatic rings. The minimum Gasteiger partial charge on any atom is -0.194 e. The molecule has 0 fully saturated rings. The molecule has 0 heterocycles. The Bertz CT molecular complexity index is 409. The summed E-state index contributed by atoms with van der Waals surface area (Å²) in [6, 6.07) is 0. The zero-order valence-corrected chi connectivity index (χ0v) is 13.8. The van der Waals surface area contributed by atoms with Gasteiger partial charge in [0, 0.05) is 5.57 Å². The highest BCUT2D eigenvalue weighted by Crippen LogP contribution is 2.56. The Morgan fingerprint density at radius 2 is 1.14 bits per heavy atom. The van der Waals surface area contributed by atoms with Gasteiger partial charge in [0.15, 0.2) is 0 Å². The lowest BCUT2D eigenvalue weighted by atomic mass is 9.92. The molecule has 10 heteroatoms. The third-order valence-electron chi connectivity index (χ3n) is 2.82. The monoisotopic (exact) mass is 456 g/mol. The van der Waals surface area contributed by atoms with Crippen LogP contribution in [0.15, 0.2) is 9.15 Å².